The molecule has 2 aliphatic heterocycles. The van der Waals surface area contributed by atoms with Gasteiger partial charge in [0.25, 0.3) is 0 Å². The molecular formula is C16H29NO2. The van der Waals surface area contributed by atoms with Gasteiger partial charge in [-0.25, -0.2) is 0 Å². The predicted octanol–water partition coefficient (Wildman–Crippen LogP) is 3.17. The van der Waals surface area contributed by atoms with Crippen molar-refractivity contribution in [3.63, 3.8) is 0 Å². The summed E-state index contributed by atoms with van der Waals surface area (Å²) in [5, 5.41) is 0. The summed E-state index contributed by atoms with van der Waals surface area (Å²) < 4.78 is 5.61. The van der Waals surface area contributed by atoms with Crippen LogP contribution in [0, 0.1) is 0 Å². The van der Waals surface area contributed by atoms with Gasteiger partial charge in [-0.3, -0.25) is 9.69 Å². The third kappa shape index (κ3) is 4.03. The predicted molar refractivity (Wildman–Crippen MR) is 77.3 cm³/mol. The van der Waals surface area contributed by atoms with E-state index in [2.05, 4.69) is 18.7 Å². The summed E-state index contributed by atoms with van der Waals surface area (Å²) in [5.74, 6) is 0.410. The standard InChI is InChI=1S/C16H29NO2/c1-16(2,17-11-4-3-5-12-17)15(18)10-6-8-14-9-7-13-19-14/h14H,3-13H2,1-2H3. The highest BCUT2D eigenvalue weighted by Crippen LogP contribution is 2.24. The van der Waals surface area contributed by atoms with Crippen molar-refractivity contribution in [2.24, 2.45) is 0 Å². The highest BCUT2D eigenvalue weighted by Gasteiger charge is 2.34. The van der Waals surface area contributed by atoms with Crippen molar-refractivity contribution < 1.29 is 9.53 Å². The maximum Gasteiger partial charge on any atom is 0.152 e. The van der Waals surface area contributed by atoms with Crippen LogP contribution in [0.1, 0.15) is 65.2 Å². The van der Waals surface area contributed by atoms with E-state index in [0.717, 1.165) is 32.5 Å². The summed E-state index contributed by atoms with van der Waals surface area (Å²) >= 11 is 0. The Morgan fingerprint density at radius 3 is 2.58 bits per heavy atom. The van der Waals surface area contributed by atoms with Crippen LogP contribution in [0.2, 0.25) is 0 Å². The molecule has 0 spiro atoms. The molecule has 0 amide bonds. The van der Waals surface area contributed by atoms with Crippen LogP contribution in [-0.2, 0) is 9.53 Å². The summed E-state index contributed by atoms with van der Waals surface area (Å²) in [7, 11) is 0. The van der Waals surface area contributed by atoms with Crippen molar-refractivity contribution in [2.45, 2.75) is 76.9 Å². The van der Waals surface area contributed by atoms with Gasteiger partial charge in [0.15, 0.2) is 5.78 Å². The minimum atomic E-state index is -0.267. The Morgan fingerprint density at radius 2 is 1.95 bits per heavy atom. The molecule has 2 heterocycles. The van der Waals surface area contributed by atoms with Crippen LogP contribution >= 0.6 is 0 Å². The molecule has 2 aliphatic rings. The number of hydrogen-bond donors (Lipinski definition) is 0. The van der Waals surface area contributed by atoms with Gasteiger partial charge in [0, 0.05) is 13.0 Å². The number of ketones is 1. The van der Waals surface area contributed by atoms with E-state index in [-0.39, 0.29) is 5.54 Å². The molecule has 19 heavy (non-hydrogen) atoms. The Labute approximate surface area is 117 Å². The molecular weight excluding hydrogens is 238 g/mol. The van der Waals surface area contributed by atoms with E-state index >= 15 is 0 Å². The Bertz CT molecular complexity index is 289. The van der Waals surface area contributed by atoms with Crippen LogP contribution in [0.4, 0.5) is 0 Å². The summed E-state index contributed by atoms with van der Waals surface area (Å²) in [6.45, 7) is 7.30. The fraction of sp³-hybridized carbons (Fsp3) is 0.938. The SMILES string of the molecule is CC(C)(C(=O)CCCC1CCCO1)N1CCCCC1. The molecule has 0 bridgehead atoms. The number of likely N-dealkylation sites (tertiary alicyclic amines) is 1. The van der Waals surface area contributed by atoms with Gasteiger partial charge in [0.2, 0.25) is 0 Å². The van der Waals surface area contributed by atoms with E-state index in [1.807, 2.05) is 0 Å². The van der Waals surface area contributed by atoms with Crippen LogP contribution in [-0.4, -0.2) is 42.0 Å². The summed E-state index contributed by atoms with van der Waals surface area (Å²) in [6, 6.07) is 0. The number of rotatable bonds is 6. The van der Waals surface area contributed by atoms with Crippen LogP contribution in [0.15, 0.2) is 0 Å². The molecule has 0 aliphatic carbocycles. The Hall–Kier alpha value is -0.410. The molecule has 2 fully saturated rings. The number of ether oxygens (including phenoxy) is 1. The number of Topliss-reactive ketones (excluding diaryl/α,β-unsaturated/α-hetero) is 1. The lowest BCUT2D eigenvalue weighted by Gasteiger charge is -2.39. The second-order valence-corrected chi connectivity index (χ2v) is 6.56. The average molecular weight is 267 g/mol. The first kappa shape index (κ1) is 15.0. The van der Waals surface area contributed by atoms with Gasteiger partial charge in [0.1, 0.15) is 0 Å². The van der Waals surface area contributed by atoms with Gasteiger partial charge in [-0.1, -0.05) is 6.42 Å². The van der Waals surface area contributed by atoms with Crippen molar-refractivity contribution in [1.29, 1.82) is 0 Å². The highest BCUT2D eigenvalue weighted by molar-refractivity contribution is 5.87. The fourth-order valence-corrected chi connectivity index (χ4v) is 3.30. The smallest absolute Gasteiger partial charge is 0.152 e. The van der Waals surface area contributed by atoms with Crippen LogP contribution in [0.25, 0.3) is 0 Å². The Balaban J connectivity index is 1.73. The molecule has 3 heteroatoms. The molecule has 2 saturated heterocycles. The first-order valence-corrected chi connectivity index (χ1v) is 8.00. The minimum absolute atomic E-state index is 0.267. The van der Waals surface area contributed by atoms with Gasteiger partial charge < -0.3 is 4.74 Å². The zero-order valence-electron chi connectivity index (χ0n) is 12.6. The largest absolute Gasteiger partial charge is 0.378 e. The first-order valence-electron chi connectivity index (χ1n) is 8.00. The molecule has 0 N–H and O–H groups in total. The topological polar surface area (TPSA) is 29.5 Å². The van der Waals surface area contributed by atoms with Gasteiger partial charge in [0.05, 0.1) is 11.6 Å². The summed E-state index contributed by atoms with van der Waals surface area (Å²) in [5.41, 5.74) is -0.267. The van der Waals surface area contributed by atoms with Gasteiger partial charge in [-0.05, 0) is 65.5 Å². The van der Waals surface area contributed by atoms with E-state index in [1.165, 1.54) is 32.1 Å². The van der Waals surface area contributed by atoms with Crippen molar-refractivity contribution in [2.75, 3.05) is 19.7 Å². The quantitative estimate of drug-likeness (QED) is 0.740. The highest BCUT2D eigenvalue weighted by atomic mass is 16.5. The minimum Gasteiger partial charge on any atom is -0.378 e. The lowest BCUT2D eigenvalue weighted by molar-refractivity contribution is -0.130. The Morgan fingerprint density at radius 1 is 1.21 bits per heavy atom. The maximum atomic E-state index is 12.5. The molecule has 0 aromatic rings. The number of carbonyl (C=O) groups excluding carboxylic acids is 1. The number of piperidine rings is 1. The maximum absolute atomic E-state index is 12.5. The zero-order valence-corrected chi connectivity index (χ0v) is 12.6. The zero-order chi connectivity index (χ0) is 13.7. The van der Waals surface area contributed by atoms with E-state index in [4.69, 9.17) is 4.74 Å². The van der Waals surface area contributed by atoms with Crippen molar-refractivity contribution in [3.8, 4) is 0 Å². The van der Waals surface area contributed by atoms with E-state index < -0.39 is 0 Å². The lowest BCUT2D eigenvalue weighted by atomic mass is 9.90. The van der Waals surface area contributed by atoms with Gasteiger partial charge in [-0.2, -0.15) is 0 Å². The van der Waals surface area contributed by atoms with Crippen LogP contribution in [0.5, 0.6) is 0 Å². The second-order valence-electron chi connectivity index (χ2n) is 6.56. The van der Waals surface area contributed by atoms with Gasteiger partial charge in [-0.15, -0.1) is 0 Å². The first-order chi connectivity index (χ1) is 9.10. The van der Waals surface area contributed by atoms with Crippen molar-refractivity contribution in [3.05, 3.63) is 0 Å². The van der Waals surface area contributed by atoms with E-state index in [1.54, 1.807) is 0 Å². The van der Waals surface area contributed by atoms with Gasteiger partial charge >= 0.3 is 0 Å². The number of carbonyl (C=O) groups is 1. The third-order valence-electron chi connectivity index (χ3n) is 4.78. The molecule has 3 nitrogen and oxygen atoms in total. The van der Waals surface area contributed by atoms with E-state index in [0.29, 0.717) is 18.3 Å². The normalized spacial score (nSPS) is 25.7. The molecule has 110 valence electrons. The molecule has 2 rings (SSSR count). The third-order valence-corrected chi connectivity index (χ3v) is 4.78. The van der Waals surface area contributed by atoms with E-state index in [9.17, 15) is 4.79 Å². The molecule has 0 saturated carbocycles. The lowest BCUT2D eigenvalue weighted by Crippen LogP contribution is -2.52. The summed E-state index contributed by atoms with van der Waals surface area (Å²) in [4.78, 5) is 14.8. The van der Waals surface area contributed by atoms with Crippen LogP contribution in [0.3, 0.4) is 0 Å². The average Bonchev–Trinajstić information content (AvgIpc) is 2.93. The Kier molecular flexibility index (Phi) is 5.40. The van der Waals surface area contributed by atoms with Crippen molar-refractivity contribution >= 4 is 5.78 Å². The molecule has 1 unspecified atom stereocenters. The summed E-state index contributed by atoms with van der Waals surface area (Å²) in [6.07, 6.45) is 9.36. The molecule has 0 aromatic carbocycles. The number of hydrogen-bond acceptors (Lipinski definition) is 3. The molecule has 0 aromatic heterocycles. The fourth-order valence-electron chi connectivity index (χ4n) is 3.30. The monoisotopic (exact) mass is 267 g/mol. The van der Waals surface area contributed by atoms with Crippen LogP contribution < -0.4 is 0 Å². The van der Waals surface area contributed by atoms with Crippen molar-refractivity contribution in [1.82, 2.24) is 4.90 Å². The molecule has 0 radical (unpaired) electrons. The molecule has 1 atom stereocenters. The number of nitrogens with zero attached hydrogens (tertiary/aromatic N) is 1. The second kappa shape index (κ2) is 6.85.